The van der Waals surface area contributed by atoms with E-state index in [1.54, 1.807) is 0 Å². The molecule has 1 saturated heterocycles. The molecule has 0 saturated carbocycles. The molecule has 2 heterocycles. The van der Waals surface area contributed by atoms with E-state index in [9.17, 15) is 5.11 Å². The Balaban J connectivity index is 2.27. The summed E-state index contributed by atoms with van der Waals surface area (Å²) in [5, 5.41) is 17.2. The number of hydrogen-bond acceptors (Lipinski definition) is 4. The molecule has 5 heteroatoms. The highest BCUT2D eigenvalue weighted by atomic mass is 16.5. The summed E-state index contributed by atoms with van der Waals surface area (Å²) >= 11 is 0. The smallest absolute Gasteiger partial charge is 0.114 e. The minimum Gasteiger partial charge on any atom is -0.390 e. The van der Waals surface area contributed by atoms with Gasteiger partial charge in [0.1, 0.15) is 11.8 Å². The van der Waals surface area contributed by atoms with Gasteiger partial charge in [-0.15, -0.1) is 5.10 Å². The minimum atomic E-state index is -0.0566. The maximum Gasteiger partial charge on any atom is 0.114 e. The Hall–Kier alpha value is -0.940. The Morgan fingerprint density at radius 3 is 3.07 bits per heavy atom. The third kappa shape index (κ3) is 2.03. The lowest BCUT2D eigenvalue weighted by molar-refractivity contribution is 0.102. The van der Waals surface area contributed by atoms with Crippen LogP contribution in [0, 0.1) is 0 Å². The summed E-state index contributed by atoms with van der Waals surface area (Å²) in [7, 11) is 0. The monoisotopic (exact) mass is 211 g/mol. The van der Waals surface area contributed by atoms with Crippen LogP contribution in [0.4, 0.5) is 0 Å². The van der Waals surface area contributed by atoms with Crippen LogP contribution in [0.5, 0.6) is 0 Å². The molecule has 1 N–H and O–H groups in total. The first-order valence-electron chi connectivity index (χ1n) is 5.51. The molecule has 0 amide bonds. The van der Waals surface area contributed by atoms with Gasteiger partial charge in [0.25, 0.3) is 0 Å². The summed E-state index contributed by atoms with van der Waals surface area (Å²) in [6.45, 7) is 3.67. The highest BCUT2D eigenvalue weighted by Crippen LogP contribution is 2.30. The van der Waals surface area contributed by atoms with E-state index in [0.717, 1.165) is 38.1 Å². The van der Waals surface area contributed by atoms with E-state index in [2.05, 4.69) is 17.2 Å². The van der Waals surface area contributed by atoms with E-state index in [0.29, 0.717) is 5.69 Å². The van der Waals surface area contributed by atoms with Crippen molar-refractivity contribution in [3.05, 3.63) is 11.4 Å². The van der Waals surface area contributed by atoms with Crippen molar-refractivity contribution in [1.29, 1.82) is 0 Å². The van der Waals surface area contributed by atoms with Gasteiger partial charge in [0, 0.05) is 13.2 Å². The number of nitrogens with zero attached hydrogens (tertiary/aromatic N) is 3. The zero-order valence-corrected chi connectivity index (χ0v) is 9.02. The van der Waals surface area contributed by atoms with E-state index in [1.165, 1.54) is 0 Å². The maximum atomic E-state index is 9.19. The Morgan fingerprint density at radius 2 is 2.47 bits per heavy atom. The summed E-state index contributed by atoms with van der Waals surface area (Å²) in [6.07, 6.45) is 3.17. The van der Waals surface area contributed by atoms with Crippen LogP contribution in [0.3, 0.4) is 0 Å². The predicted molar refractivity (Wildman–Crippen MR) is 54.2 cm³/mol. The molecule has 0 aromatic carbocycles. The first-order chi connectivity index (χ1) is 7.36. The molecule has 1 atom stereocenters. The summed E-state index contributed by atoms with van der Waals surface area (Å²) < 4.78 is 7.48. The van der Waals surface area contributed by atoms with Crippen molar-refractivity contribution in [3.8, 4) is 0 Å². The molecule has 0 spiro atoms. The van der Waals surface area contributed by atoms with Crippen molar-refractivity contribution in [3.63, 3.8) is 0 Å². The van der Waals surface area contributed by atoms with Crippen molar-refractivity contribution in [1.82, 2.24) is 15.0 Å². The number of rotatable bonds is 4. The number of hydrogen-bond donors (Lipinski definition) is 1. The van der Waals surface area contributed by atoms with Crippen LogP contribution < -0.4 is 0 Å². The number of aryl methyl sites for hydroxylation is 1. The van der Waals surface area contributed by atoms with Gasteiger partial charge in [0.15, 0.2) is 0 Å². The zero-order valence-electron chi connectivity index (χ0n) is 9.02. The minimum absolute atomic E-state index is 0.0566. The maximum absolute atomic E-state index is 9.19. The quantitative estimate of drug-likeness (QED) is 0.808. The summed E-state index contributed by atoms with van der Waals surface area (Å²) in [4.78, 5) is 0. The van der Waals surface area contributed by atoms with Gasteiger partial charge in [-0.1, -0.05) is 12.1 Å². The van der Waals surface area contributed by atoms with Crippen molar-refractivity contribution in [2.24, 2.45) is 0 Å². The lowest BCUT2D eigenvalue weighted by Crippen LogP contribution is -2.10. The van der Waals surface area contributed by atoms with Crippen LogP contribution in [0.1, 0.15) is 43.7 Å². The van der Waals surface area contributed by atoms with Gasteiger partial charge in [-0.3, -0.25) is 0 Å². The van der Waals surface area contributed by atoms with Gasteiger partial charge >= 0.3 is 0 Å². The third-order valence-corrected chi connectivity index (χ3v) is 2.67. The van der Waals surface area contributed by atoms with E-state index in [1.807, 2.05) is 4.68 Å². The second kappa shape index (κ2) is 4.72. The summed E-state index contributed by atoms with van der Waals surface area (Å²) in [5.74, 6) is 0. The molecule has 1 unspecified atom stereocenters. The third-order valence-electron chi connectivity index (χ3n) is 2.67. The standard InChI is InChI=1S/C10H17N3O2/c1-2-5-13-10(8(7-14)11-12-13)9-4-3-6-15-9/h9,14H,2-7H2,1H3. The van der Waals surface area contributed by atoms with Crippen LogP contribution >= 0.6 is 0 Å². The van der Waals surface area contributed by atoms with Crippen LogP contribution in [0.25, 0.3) is 0 Å². The van der Waals surface area contributed by atoms with Crippen molar-refractivity contribution >= 4 is 0 Å². The van der Waals surface area contributed by atoms with Crippen molar-refractivity contribution in [2.45, 2.75) is 45.4 Å². The van der Waals surface area contributed by atoms with Crippen LogP contribution in [0.2, 0.25) is 0 Å². The average Bonchev–Trinajstić information content (AvgIpc) is 2.85. The topological polar surface area (TPSA) is 60.2 Å². The number of ether oxygens (including phenoxy) is 1. The van der Waals surface area contributed by atoms with Gasteiger partial charge in [-0.25, -0.2) is 4.68 Å². The molecular weight excluding hydrogens is 194 g/mol. The highest BCUT2D eigenvalue weighted by Gasteiger charge is 2.25. The number of aliphatic hydroxyl groups is 1. The normalized spacial score (nSPS) is 21.1. The second-order valence-corrected chi connectivity index (χ2v) is 3.80. The number of aliphatic hydroxyl groups excluding tert-OH is 1. The molecule has 15 heavy (non-hydrogen) atoms. The molecule has 0 radical (unpaired) electrons. The molecular formula is C10H17N3O2. The largest absolute Gasteiger partial charge is 0.390 e. The van der Waals surface area contributed by atoms with E-state index in [-0.39, 0.29) is 12.7 Å². The van der Waals surface area contributed by atoms with Crippen LogP contribution in [-0.4, -0.2) is 26.7 Å². The fourth-order valence-corrected chi connectivity index (χ4v) is 1.99. The van der Waals surface area contributed by atoms with Gasteiger partial charge in [-0.2, -0.15) is 0 Å². The molecule has 1 fully saturated rings. The summed E-state index contributed by atoms with van der Waals surface area (Å²) in [6, 6.07) is 0. The lowest BCUT2D eigenvalue weighted by Gasteiger charge is -2.12. The Bertz CT molecular complexity index is 318. The van der Waals surface area contributed by atoms with Gasteiger partial charge < -0.3 is 9.84 Å². The SMILES string of the molecule is CCCn1nnc(CO)c1C1CCCO1. The average molecular weight is 211 g/mol. The van der Waals surface area contributed by atoms with Crippen LogP contribution in [-0.2, 0) is 17.9 Å². The van der Waals surface area contributed by atoms with Crippen molar-refractivity contribution in [2.75, 3.05) is 6.61 Å². The molecule has 1 aliphatic rings. The van der Waals surface area contributed by atoms with Gasteiger partial charge in [0.2, 0.25) is 0 Å². The molecule has 0 aliphatic carbocycles. The second-order valence-electron chi connectivity index (χ2n) is 3.80. The molecule has 2 rings (SSSR count). The van der Waals surface area contributed by atoms with Crippen molar-refractivity contribution < 1.29 is 9.84 Å². The fraction of sp³-hybridized carbons (Fsp3) is 0.800. The predicted octanol–water partition coefficient (Wildman–Crippen LogP) is 1.03. The van der Waals surface area contributed by atoms with E-state index < -0.39 is 0 Å². The molecule has 5 nitrogen and oxygen atoms in total. The van der Waals surface area contributed by atoms with Crippen LogP contribution in [0.15, 0.2) is 0 Å². The Kier molecular flexibility index (Phi) is 3.33. The molecule has 1 aromatic heterocycles. The Labute approximate surface area is 89.0 Å². The van der Waals surface area contributed by atoms with Gasteiger partial charge in [0.05, 0.1) is 12.3 Å². The first kappa shape index (κ1) is 10.6. The lowest BCUT2D eigenvalue weighted by atomic mass is 10.1. The molecule has 0 bridgehead atoms. The fourth-order valence-electron chi connectivity index (χ4n) is 1.99. The highest BCUT2D eigenvalue weighted by molar-refractivity contribution is 5.13. The first-order valence-corrected chi connectivity index (χ1v) is 5.51. The molecule has 84 valence electrons. The van der Waals surface area contributed by atoms with E-state index >= 15 is 0 Å². The molecule has 1 aromatic rings. The Morgan fingerprint density at radius 1 is 1.60 bits per heavy atom. The van der Waals surface area contributed by atoms with E-state index in [4.69, 9.17) is 4.74 Å². The zero-order chi connectivity index (χ0) is 10.7. The van der Waals surface area contributed by atoms with Gasteiger partial charge in [-0.05, 0) is 19.3 Å². The summed E-state index contributed by atoms with van der Waals surface area (Å²) in [5.41, 5.74) is 1.63. The molecule has 1 aliphatic heterocycles. The number of aromatic nitrogens is 3.